The zero-order valence-electron chi connectivity index (χ0n) is 71.4. The normalized spacial score (nSPS) is 53.9. The number of hydrogen-bond acceptors (Lipinski definition) is 63. The number of aliphatic hydroxyl groups excluding tert-OH is 34. The Balaban J connectivity index is 0.736. The Morgan fingerprint density at radius 3 is 0.467 bits per heavy atom. The van der Waals surface area contributed by atoms with Gasteiger partial charge in [0.15, 0.2) is 75.5 Å². The van der Waals surface area contributed by atoms with Crippen molar-refractivity contribution in [3.63, 3.8) is 0 Å². The summed E-state index contributed by atoms with van der Waals surface area (Å²) in [5, 5.41) is 387. The molecule has 60 atom stereocenters. The molecule has 63 heteroatoms. The first-order valence-corrected chi connectivity index (χ1v) is 44.2. The monoisotopic (exact) mass is 2030 g/mol. The summed E-state index contributed by atoms with van der Waals surface area (Å²) >= 11 is -0.428. The molecule has 0 aromatic rings. The zero-order chi connectivity index (χ0) is 99.2. The van der Waals surface area contributed by atoms with Crippen LogP contribution in [0.15, 0.2) is 0 Å². The van der Waals surface area contributed by atoms with Crippen LogP contribution >= 0.6 is 12.3 Å². The minimum Gasteiger partial charge on any atom is -0.394 e. The maximum Gasteiger partial charge on any atom is 0.345 e. The van der Waals surface area contributed by atoms with Gasteiger partial charge in [-0.05, 0) is 0 Å². The van der Waals surface area contributed by atoms with Crippen molar-refractivity contribution in [2.24, 2.45) is 0 Å². The largest absolute Gasteiger partial charge is 0.394 e. The van der Waals surface area contributed by atoms with Gasteiger partial charge in [-0.25, -0.2) is 4.79 Å². The SMILES string of the molecule is O=C(CO[C@@H]1[C@@H](O)[C@H]2O[C@H]3[C@H](O)[C@@H](O)[C@@H](O[C@H]4[C@H](O)[C@@H](O)[C@@H](O[C@H]5[C@H](O)[C@@H](O)[C@@H](O[C@H]6[C@H](O)[C@@H](O)[C@@H](O[C@H]7[C@H](O)[C@@H](O)[C@@H](O[C@H]1[C@@H](CO)O2)O[C@@H]7CO)O[C@@H]6CO)O[C@@H]5CO)O[C@@H]4CO)O[C@@H]3CO)OSO[C@@H]1[C@@H](O)[C@H]2O[C@H]3[C@H](O)[C@@H](O)[C@@H](O[C@H]4[C@H](O)[C@@H](O)[C@@H](O[C@H]5[C@H](O)[C@@H](O)[C@@H](O[C@H]6[C@H](O)[C@@H](O)[C@@H](O[C@H]7[C@H](O)[C@@H](O)[C@@H](O[C@H]1[C@@H](CO)O2)O[C@@H]7CO)O[C@@H]6CO)O[C@@H]5CO)O[C@@H]4CO)O[C@@H]3CO. The topological polar surface area (TPSA) is 954 Å². The van der Waals surface area contributed by atoms with E-state index in [-0.39, 0.29) is 0 Å². The Hall–Kier alpha value is -2.58. The molecule has 24 bridgehead atoms. The third kappa shape index (κ3) is 22.4. The van der Waals surface area contributed by atoms with Crippen LogP contribution in [0, 0.1) is 0 Å². The molecule has 794 valence electrons. The van der Waals surface area contributed by atoms with Crippen LogP contribution in [0.3, 0.4) is 0 Å². The fraction of sp³-hybridized carbons (Fsp3) is 0.986. The molecule has 0 amide bonds. The molecule has 44 saturated heterocycles. The van der Waals surface area contributed by atoms with Gasteiger partial charge in [0.05, 0.1) is 79.3 Å². The van der Waals surface area contributed by atoms with Crippen LogP contribution in [0.5, 0.6) is 0 Å². The molecule has 44 fully saturated rings. The Morgan fingerprint density at radius 2 is 0.307 bits per heavy atom. The van der Waals surface area contributed by atoms with Gasteiger partial charge in [-0.15, -0.1) is 0 Å². The molecule has 34 N–H and O–H groups in total. The Kier molecular flexibility index (Phi) is 38.4. The summed E-state index contributed by atoms with van der Waals surface area (Å²) in [7, 11) is 0. The number of carbonyl (C=O) groups is 1. The Morgan fingerprint density at radius 1 is 0.175 bits per heavy atom. The lowest BCUT2D eigenvalue weighted by atomic mass is 9.94. The van der Waals surface area contributed by atoms with Gasteiger partial charge in [-0.3, -0.25) is 4.18 Å². The number of ether oxygens (including phenoxy) is 25. The van der Waals surface area contributed by atoms with Crippen molar-refractivity contribution in [2.75, 3.05) is 85.9 Å². The molecule has 0 unspecified atom stereocenters. The van der Waals surface area contributed by atoms with Crippen molar-refractivity contribution < 1.29 is 305 Å². The van der Waals surface area contributed by atoms with E-state index in [1.54, 1.807) is 0 Å². The lowest BCUT2D eigenvalue weighted by molar-refractivity contribution is -0.404. The smallest absolute Gasteiger partial charge is 0.345 e. The fourth-order valence-electron chi connectivity index (χ4n) is 18.4. The highest BCUT2D eigenvalue weighted by Crippen LogP contribution is 2.44. The standard InChI is InChI=1S/C74H120O62S/c75-1-14-49-27(88)37(98)63(111-14)125-51-16(3-77)115-67(41(102)31(51)92)129-55-20(7-81)119-71(45(106)35(55)96)133-59-24(11-85)121-73(131-57-22(9-83)117-69(43(104)33(57)94)127-53-18(5-79)113-65(123-49)39(100)29(53)90)47(108)61(59)110-13-26(87)135-137-136-62-48(109)74-122-25(12-86)60(62)134-72-46(107)36(97)56(21(8-82)120-72)130-68-42(103)32(93)52(17(4-78)116-68)126-64-38(99)28(89)50(15(2-76)112-64)124-66-40(101)30(91)54(19(6-80)114-66)128-70-44(105)34(95)58(132-74)23(10-84)118-70/h14-25,27-86,88-109H,1-13H2/t14-,15-,16-,17-,18-,19-,20-,21-,22-,23-,24-,25-,27-,28-,29-,30-,31-,32-,33-,34-,35-,36-,37-,38-,39-,40-,41-,42-,43-,44-,45-,46-,47-,48-,49-,50-,51-,52-,53-,54-,55-,56-,57-,58-,59+,60+,61-,62-,63-,64-,65-,66-,67-,68-,69-,70-,71-,72-,73-,74-/m1/s1. The first-order valence-electron chi connectivity index (χ1n) is 43.5. The van der Waals surface area contributed by atoms with E-state index in [9.17, 15) is 178 Å². The van der Waals surface area contributed by atoms with Gasteiger partial charge >= 0.3 is 5.97 Å². The van der Waals surface area contributed by atoms with Gasteiger partial charge in [0.2, 0.25) is 12.3 Å². The minimum absolute atomic E-state index is 0.428. The van der Waals surface area contributed by atoms with Crippen molar-refractivity contribution >= 4 is 18.3 Å². The summed E-state index contributed by atoms with van der Waals surface area (Å²) in [4.78, 5) is 14.3. The summed E-state index contributed by atoms with van der Waals surface area (Å²) in [6, 6.07) is 0. The maximum atomic E-state index is 14.3. The van der Waals surface area contributed by atoms with E-state index in [2.05, 4.69) is 0 Å². The van der Waals surface area contributed by atoms with Crippen LogP contribution in [0.1, 0.15) is 0 Å². The number of aliphatic hydroxyl groups is 34. The zero-order valence-corrected chi connectivity index (χ0v) is 72.2. The second-order valence-electron chi connectivity index (χ2n) is 34.6. The molecule has 44 rings (SSSR count). The average molecular weight is 2030 g/mol. The molecule has 44 aliphatic rings. The van der Waals surface area contributed by atoms with E-state index in [0.29, 0.717) is 0 Å². The predicted octanol–water partition coefficient (Wildman–Crippen LogP) is -24.9. The van der Waals surface area contributed by atoms with Gasteiger partial charge in [-0.1, -0.05) is 0 Å². The highest BCUT2D eigenvalue weighted by Gasteiger charge is 2.65. The lowest BCUT2D eigenvalue weighted by Gasteiger charge is -2.51. The summed E-state index contributed by atoms with van der Waals surface area (Å²) in [6.45, 7) is -15.9. The second kappa shape index (κ2) is 47.7. The van der Waals surface area contributed by atoms with Crippen molar-refractivity contribution in [1.82, 2.24) is 0 Å². The molecule has 0 spiro atoms. The molecule has 0 aromatic carbocycles. The quantitative estimate of drug-likeness (QED) is 0.0567. The summed E-state index contributed by atoms with van der Waals surface area (Å²) in [6.07, 6.45) is -132. The Labute approximate surface area is 775 Å². The third-order valence-electron chi connectivity index (χ3n) is 26.0. The predicted molar refractivity (Wildman–Crippen MR) is 408 cm³/mol. The second-order valence-corrected chi connectivity index (χ2v) is 35.1. The van der Waals surface area contributed by atoms with E-state index in [4.69, 9.17) is 127 Å². The minimum atomic E-state index is -2.55. The number of carbonyl (C=O) groups excluding carboxylic acids is 1. The molecule has 0 aromatic heterocycles. The van der Waals surface area contributed by atoms with Crippen molar-refractivity contribution in [3.8, 4) is 0 Å². The average Bonchev–Trinajstić information content (AvgIpc) is 0.766. The molecular weight excluding hydrogens is 1910 g/mol. The van der Waals surface area contributed by atoms with Gasteiger partial charge in [0, 0.05) is 0 Å². The van der Waals surface area contributed by atoms with Crippen molar-refractivity contribution in [2.45, 2.75) is 368 Å². The summed E-state index contributed by atoms with van der Waals surface area (Å²) < 4.78 is 157. The van der Waals surface area contributed by atoms with E-state index >= 15 is 0 Å². The van der Waals surface area contributed by atoms with Gasteiger partial charge in [-0.2, -0.15) is 0 Å². The summed E-state index contributed by atoms with van der Waals surface area (Å²) in [5.74, 6) is -1.66. The van der Waals surface area contributed by atoms with Crippen LogP contribution in [0.4, 0.5) is 0 Å². The highest BCUT2D eigenvalue weighted by atomic mass is 32.2. The Bertz CT molecular complexity index is 3670. The van der Waals surface area contributed by atoms with Gasteiger partial charge < -0.3 is 296 Å². The van der Waals surface area contributed by atoms with Crippen LogP contribution < -0.4 is 0 Å². The van der Waals surface area contributed by atoms with Crippen LogP contribution in [0.2, 0.25) is 0 Å². The maximum absolute atomic E-state index is 14.3. The highest BCUT2D eigenvalue weighted by molar-refractivity contribution is 7.90. The molecule has 0 saturated carbocycles. The summed E-state index contributed by atoms with van der Waals surface area (Å²) in [5.41, 5.74) is 0. The van der Waals surface area contributed by atoms with Crippen molar-refractivity contribution in [1.29, 1.82) is 0 Å². The van der Waals surface area contributed by atoms with E-state index in [1.165, 1.54) is 0 Å². The third-order valence-corrected chi connectivity index (χ3v) is 26.5. The first kappa shape index (κ1) is 110. The first-order chi connectivity index (χ1) is 65.4. The molecule has 62 nitrogen and oxygen atoms in total. The van der Waals surface area contributed by atoms with Crippen LogP contribution in [0.25, 0.3) is 0 Å². The molecule has 44 heterocycles. The van der Waals surface area contributed by atoms with Crippen molar-refractivity contribution in [3.05, 3.63) is 0 Å². The fourth-order valence-corrected chi connectivity index (χ4v) is 18.9. The van der Waals surface area contributed by atoms with Crippen LogP contribution in [-0.2, 0) is 132 Å². The number of rotatable bonds is 18. The van der Waals surface area contributed by atoms with E-state index in [1.807, 2.05) is 0 Å². The molecule has 0 aliphatic carbocycles. The van der Waals surface area contributed by atoms with Gasteiger partial charge in [0.1, 0.15) is 300 Å². The molecular formula is C74H120O62S. The molecule has 44 aliphatic heterocycles. The van der Waals surface area contributed by atoms with E-state index in [0.717, 1.165) is 0 Å². The molecule has 137 heavy (non-hydrogen) atoms. The van der Waals surface area contributed by atoms with E-state index < -0.39 is 473 Å². The molecule has 0 radical (unpaired) electrons. The van der Waals surface area contributed by atoms with Crippen LogP contribution in [-0.4, -0.2) is 634 Å². The van der Waals surface area contributed by atoms with Gasteiger partial charge in [0.25, 0.3) is 0 Å². The number of hydrogen-bond donors (Lipinski definition) is 34. The lowest BCUT2D eigenvalue weighted by Crippen LogP contribution is -2.69.